The third-order valence-corrected chi connectivity index (χ3v) is 7.52. The van der Waals surface area contributed by atoms with Gasteiger partial charge in [0.25, 0.3) is 5.91 Å². The number of aryl methyl sites for hydroxylation is 1. The highest BCUT2D eigenvalue weighted by atomic mass is 32.2. The van der Waals surface area contributed by atoms with Crippen LogP contribution in [-0.2, 0) is 10.0 Å². The van der Waals surface area contributed by atoms with Crippen molar-refractivity contribution < 1.29 is 17.9 Å². The molecule has 2 aromatic carbocycles. The summed E-state index contributed by atoms with van der Waals surface area (Å²) in [7, 11) is -2.18. The zero-order valence-corrected chi connectivity index (χ0v) is 18.7. The first-order valence-electron chi connectivity index (χ1n) is 10.4. The molecule has 1 aliphatic rings. The SMILES string of the molecule is COc1ccc(S(=O)(=O)N2CCCCCC2)cc1C(=O)NC(C)c1ccccc1C. The van der Waals surface area contributed by atoms with Crippen molar-refractivity contribution in [2.24, 2.45) is 0 Å². The molecule has 162 valence electrons. The van der Waals surface area contributed by atoms with Crippen LogP contribution in [0.25, 0.3) is 0 Å². The third-order valence-electron chi connectivity index (χ3n) is 5.62. The summed E-state index contributed by atoms with van der Waals surface area (Å²) in [5.74, 6) is -0.0187. The highest BCUT2D eigenvalue weighted by Gasteiger charge is 2.27. The van der Waals surface area contributed by atoms with Crippen LogP contribution in [0.3, 0.4) is 0 Å². The molecule has 0 radical (unpaired) electrons. The number of rotatable bonds is 6. The number of nitrogens with one attached hydrogen (secondary N) is 1. The monoisotopic (exact) mass is 430 g/mol. The van der Waals surface area contributed by atoms with Crippen LogP contribution in [0, 0.1) is 6.92 Å². The highest BCUT2D eigenvalue weighted by Crippen LogP contribution is 2.27. The van der Waals surface area contributed by atoms with E-state index in [0.717, 1.165) is 36.8 Å². The zero-order valence-electron chi connectivity index (χ0n) is 17.8. The van der Waals surface area contributed by atoms with E-state index in [2.05, 4.69) is 5.32 Å². The van der Waals surface area contributed by atoms with E-state index in [1.54, 1.807) is 6.07 Å². The van der Waals surface area contributed by atoms with E-state index in [9.17, 15) is 13.2 Å². The average molecular weight is 431 g/mol. The number of carbonyl (C=O) groups excluding carboxylic acids is 1. The minimum Gasteiger partial charge on any atom is -0.496 e. The van der Waals surface area contributed by atoms with Gasteiger partial charge in [0.15, 0.2) is 0 Å². The van der Waals surface area contributed by atoms with Gasteiger partial charge in [-0.05, 0) is 56.0 Å². The van der Waals surface area contributed by atoms with Gasteiger partial charge in [0.1, 0.15) is 5.75 Å². The minimum absolute atomic E-state index is 0.124. The summed E-state index contributed by atoms with van der Waals surface area (Å²) in [4.78, 5) is 13.2. The molecule has 1 fully saturated rings. The fraction of sp³-hybridized carbons (Fsp3) is 0.435. The first kappa shape index (κ1) is 22.3. The fourth-order valence-corrected chi connectivity index (χ4v) is 5.42. The first-order valence-corrected chi connectivity index (χ1v) is 11.8. The molecule has 1 amide bonds. The summed E-state index contributed by atoms with van der Waals surface area (Å²) in [5, 5.41) is 2.97. The Labute approximate surface area is 179 Å². The lowest BCUT2D eigenvalue weighted by Gasteiger charge is -2.21. The fourth-order valence-electron chi connectivity index (χ4n) is 3.88. The largest absolute Gasteiger partial charge is 0.496 e. The maximum absolute atomic E-state index is 13.2. The van der Waals surface area contributed by atoms with Crippen molar-refractivity contribution in [3.63, 3.8) is 0 Å². The lowest BCUT2D eigenvalue weighted by atomic mass is 10.0. The smallest absolute Gasteiger partial charge is 0.255 e. The van der Waals surface area contributed by atoms with Crippen LogP contribution < -0.4 is 10.1 Å². The van der Waals surface area contributed by atoms with E-state index in [1.807, 2.05) is 38.1 Å². The van der Waals surface area contributed by atoms with E-state index < -0.39 is 10.0 Å². The number of sulfonamides is 1. The maximum atomic E-state index is 13.2. The molecule has 0 saturated carbocycles. The van der Waals surface area contributed by atoms with Crippen molar-refractivity contribution in [2.75, 3.05) is 20.2 Å². The van der Waals surface area contributed by atoms with Crippen LogP contribution in [0.1, 0.15) is 60.1 Å². The molecule has 1 aliphatic heterocycles. The molecule has 1 unspecified atom stereocenters. The summed E-state index contributed by atoms with van der Waals surface area (Å²) >= 11 is 0. The zero-order chi connectivity index (χ0) is 21.7. The Balaban J connectivity index is 1.88. The summed E-state index contributed by atoms with van der Waals surface area (Å²) in [6, 6.07) is 12.1. The van der Waals surface area contributed by atoms with Crippen molar-refractivity contribution in [3.05, 3.63) is 59.2 Å². The molecule has 30 heavy (non-hydrogen) atoms. The quantitative estimate of drug-likeness (QED) is 0.750. The summed E-state index contributed by atoms with van der Waals surface area (Å²) < 4.78 is 33.2. The second-order valence-electron chi connectivity index (χ2n) is 7.73. The van der Waals surface area contributed by atoms with E-state index in [1.165, 1.54) is 23.5 Å². The third kappa shape index (κ3) is 4.84. The number of hydrogen-bond donors (Lipinski definition) is 1. The van der Waals surface area contributed by atoms with Crippen LogP contribution in [-0.4, -0.2) is 38.8 Å². The van der Waals surface area contributed by atoms with Gasteiger partial charge in [-0.2, -0.15) is 4.31 Å². The predicted molar refractivity (Wildman–Crippen MR) is 117 cm³/mol. The Morgan fingerprint density at radius 3 is 2.37 bits per heavy atom. The van der Waals surface area contributed by atoms with E-state index in [-0.39, 0.29) is 22.4 Å². The predicted octanol–water partition coefficient (Wildman–Crippen LogP) is 4.06. The van der Waals surface area contributed by atoms with E-state index in [4.69, 9.17) is 4.74 Å². The Bertz CT molecular complexity index is 996. The normalized spacial score (nSPS) is 16.5. The first-order chi connectivity index (χ1) is 14.3. The lowest BCUT2D eigenvalue weighted by Crippen LogP contribution is -2.32. The topological polar surface area (TPSA) is 75.7 Å². The maximum Gasteiger partial charge on any atom is 0.255 e. The van der Waals surface area contributed by atoms with Crippen LogP contribution in [0.2, 0.25) is 0 Å². The number of methoxy groups -OCH3 is 1. The van der Waals surface area contributed by atoms with Gasteiger partial charge >= 0.3 is 0 Å². The van der Waals surface area contributed by atoms with Crippen LogP contribution in [0.15, 0.2) is 47.4 Å². The van der Waals surface area contributed by atoms with Crippen molar-refractivity contribution in [1.82, 2.24) is 9.62 Å². The molecule has 2 aromatic rings. The van der Waals surface area contributed by atoms with E-state index in [0.29, 0.717) is 18.8 Å². The molecule has 0 aromatic heterocycles. The molecule has 0 aliphatic carbocycles. The van der Waals surface area contributed by atoms with Crippen LogP contribution in [0.4, 0.5) is 0 Å². The average Bonchev–Trinajstić information content (AvgIpc) is 3.03. The molecule has 1 saturated heterocycles. The number of carbonyl (C=O) groups is 1. The molecule has 7 heteroatoms. The molecular formula is C23H30N2O4S. The van der Waals surface area contributed by atoms with Gasteiger partial charge in [-0.15, -0.1) is 0 Å². The molecule has 6 nitrogen and oxygen atoms in total. The Kier molecular flexibility index (Phi) is 7.15. The van der Waals surface area contributed by atoms with Crippen molar-refractivity contribution >= 4 is 15.9 Å². The second-order valence-corrected chi connectivity index (χ2v) is 9.67. The number of nitrogens with zero attached hydrogens (tertiary/aromatic N) is 1. The van der Waals surface area contributed by atoms with Crippen molar-refractivity contribution in [3.8, 4) is 5.75 Å². The summed E-state index contributed by atoms with van der Waals surface area (Å²) in [6.45, 7) is 4.93. The molecule has 0 bridgehead atoms. The lowest BCUT2D eigenvalue weighted by molar-refractivity contribution is 0.0936. The number of benzene rings is 2. The summed E-state index contributed by atoms with van der Waals surface area (Å²) in [6.07, 6.45) is 3.80. The summed E-state index contributed by atoms with van der Waals surface area (Å²) in [5.41, 5.74) is 2.31. The van der Waals surface area contributed by atoms with Gasteiger partial charge in [-0.3, -0.25) is 4.79 Å². The van der Waals surface area contributed by atoms with Crippen LogP contribution in [0.5, 0.6) is 5.75 Å². The molecule has 1 atom stereocenters. The molecule has 1 heterocycles. The molecule has 1 N–H and O–H groups in total. The van der Waals surface area contributed by atoms with Gasteiger partial charge in [0, 0.05) is 13.1 Å². The Morgan fingerprint density at radius 2 is 1.73 bits per heavy atom. The molecule has 0 spiro atoms. The van der Waals surface area contributed by atoms with E-state index >= 15 is 0 Å². The van der Waals surface area contributed by atoms with Gasteiger partial charge < -0.3 is 10.1 Å². The van der Waals surface area contributed by atoms with Gasteiger partial charge in [-0.25, -0.2) is 8.42 Å². The Morgan fingerprint density at radius 1 is 1.07 bits per heavy atom. The van der Waals surface area contributed by atoms with Gasteiger partial charge in [-0.1, -0.05) is 37.1 Å². The molecule has 3 rings (SSSR count). The number of ether oxygens (including phenoxy) is 1. The van der Waals surface area contributed by atoms with Crippen molar-refractivity contribution in [2.45, 2.75) is 50.5 Å². The Hall–Kier alpha value is -2.38. The minimum atomic E-state index is -3.66. The second kappa shape index (κ2) is 9.62. The van der Waals surface area contributed by atoms with Crippen molar-refractivity contribution in [1.29, 1.82) is 0 Å². The van der Waals surface area contributed by atoms with Crippen LogP contribution >= 0.6 is 0 Å². The number of amides is 1. The highest BCUT2D eigenvalue weighted by molar-refractivity contribution is 7.89. The number of hydrogen-bond acceptors (Lipinski definition) is 4. The molecular weight excluding hydrogens is 400 g/mol. The van der Waals surface area contributed by atoms with Gasteiger partial charge in [0.05, 0.1) is 23.6 Å². The standard InChI is InChI=1S/C23H30N2O4S/c1-17-10-6-7-11-20(17)18(2)24-23(26)21-16-19(12-13-22(21)29-3)30(27,28)25-14-8-4-5-9-15-25/h6-7,10-13,16,18H,4-5,8-9,14-15H2,1-3H3,(H,24,26). The van der Waals surface area contributed by atoms with Gasteiger partial charge in [0.2, 0.25) is 10.0 Å².